The fourth-order valence-electron chi connectivity index (χ4n) is 4.47. The van der Waals surface area contributed by atoms with E-state index in [-0.39, 0.29) is 30.6 Å². The van der Waals surface area contributed by atoms with Gasteiger partial charge in [0, 0.05) is 49.8 Å². The molecular formula is C26H35N9O3. The van der Waals surface area contributed by atoms with Crippen LogP contribution in [0.3, 0.4) is 0 Å². The van der Waals surface area contributed by atoms with Gasteiger partial charge in [0.2, 0.25) is 5.91 Å². The molecule has 0 saturated carbocycles. The molecule has 0 radical (unpaired) electrons. The summed E-state index contributed by atoms with van der Waals surface area (Å²) in [6.45, 7) is 8.29. The molecule has 5 N–H and O–H groups in total. The number of urea groups is 2. The van der Waals surface area contributed by atoms with Crippen LogP contribution in [-0.4, -0.2) is 76.6 Å². The number of nitrogens with one attached hydrogen (secondary N) is 5. The first-order valence-corrected chi connectivity index (χ1v) is 12.9. The second kappa shape index (κ2) is 12.3. The average Bonchev–Trinajstić information content (AvgIpc) is 3.28. The molecule has 3 aromatic rings. The Balaban J connectivity index is 1.30. The minimum atomic E-state index is -0.379. The van der Waals surface area contributed by atoms with Gasteiger partial charge >= 0.3 is 12.1 Å². The van der Waals surface area contributed by atoms with Crippen LogP contribution >= 0.6 is 0 Å². The normalized spacial score (nSPS) is 15.3. The maximum absolute atomic E-state index is 13.1. The van der Waals surface area contributed by atoms with Crippen molar-refractivity contribution in [2.24, 2.45) is 0 Å². The third-order valence-electron chi connectivity index (χ3n) is 6.46. The molecule has 5 amide bonds. The van der Waals surface area contributed by atoms with Crippen molar-refractivity contribution in [2.75, 3.05) is 48.3 Å². The lowest BCUT2D eigenvalue weighted by molar-refractivity contribution is -0.115. The first-order valence-electron chi connectivity index (χ1n) is 12.9. The second-order valence-electron chi connectivity index (χ2n) is 9.40. The minimum Gasteiger partial charge on any atom is -0.352 e. The highest BCUT2D eigenvalue weighted by atomic mass is 16.2. The molecule has 2 aromatic heterocycles. The smallest absolute Gasteiger partial charge is 0.322 e. The molecule has 12 heteroatoms. The summed E-state index contributed by atoms with van der Waals surface area (Å²) >= 11 is 0. The second-order valence-corrected chi connectivity index (χ2v) is 9.40. The number of aromatic nitrogens is 3. The van der Waals surface area contributed by atoms with Crippen LogP contribution in [0.5, 0.6) is 0 Å². The Morgan fingerprint density at radius 2 is 1.89 bits per heavy atom. The number of aromatic amines is 1. The summed E-state index contributed by atoms with van der Waals surface area (Å²) in [5, 5.41) is 11.9. The van der Waals surface area contributed by atoms with Gasteiger partial charge in [0.25, 0.3) is 0 Å². The summed E-state index contributed by atoms with van der Waals surface area (Å²) in [6.07, 6.45) is 5.34. The van der Waals surface area contributed by atoms with Crippen molar-refractivity contribution in [1.82, 2.24) is 30.5 Å². The Labute approximate surface area is 221 Å². The maximum atomic E-state index is 13.1. The largest absolute Gasteiger partial charge is 0.352 e. The summed E-state index contributed by atoms with van der Waals surface area (Å²) in [7, 11) is 0. The number of H-pyrrole nitrogens is 1. The molecule has 1 saturated heterocycles. The van der Waals surface area contributed by atoms with E-state index in [1.165, 1.54) is 0 Å². The van der Waals surface area contributed by atoms with Crippen LogP contribution in [0.2, 0.25) is 0 Å². The monoisotopic (exact) mass is 521 g/mol. The van der Waals surface area contributed by atoms with E-state index < -0.39 is 0 Å². The molecule has 1 aliphatic rings. The van der Waals surface area contributed by atoms with Gasteiger partial charge in [0.1, 0.15) is 17.8 Å². The molecule has 0 unspecified atom stereocenters. The van der Waals surface area contributed by atoms with Crippen molar-refractivity contribution in [2.45, 2.75) is 39.7 Å². The third kappa shape index (κ3) is 6.50. The van der Waals surface area contributed by atoms with Crippen LogP contribution in [0.15, 0.2) is 36.8 Å². The van der Waals surface area contributed by atoms with Gasteiger partial charge in [-0.3, -0.25) is 4.79 Å². The first-order chi connectivity index (χ1) is 18.4. The SMILES string of the molecule is CCCCNC(=O)NCC(=O)Nc1cccc(NC(=O)N2CCN(c3ncnc4[nH]cc(C)c34)C[C@@H]2C)c1. The van der Waals surface area contributed by atoms with E-state index in [0.29, 0.717) is 37.6 Å². The van der Waals surface area contributed by atoms with Crippen molar-refractivity contribution in [1.29, 1.82) is 0 Å². The van der Waals surface area contributed by atoms with Crippen LogP contribution < -0.4 is 26.2 Å². The van der Waals surface area contributed by atoms with E-state index in [0.717, 1.165) is 35.3 Å². The highest BCUT2D eigenvalue weighted by molar-refractivity contribution is 5.96. The summed E-state index contributed by atoms with van der Waals surface area (Å²) in [5.41, 5.74) is 2.97. The molecule has 12 nitrogen and oxygen atoms in total. The number of carbonyl (C=O) groups is 3. The van der Waals surface area contributed by atoms with Crippen molar-refractivity contribution >= 4 is 46.2 Å². The number of anilines is 3. The van der Waals surface area contributed by atoms with E-state index in [1.54, 1.807) is 35.5 Å². The number of carbonyl (C=O) groups excluding carboxylic acids is 3. The molecule has 202 valence electrons. The Bertz CT molecular complexity index is 1290. The lowest BCUT2D eigenvalue weighted by atomic mass is 10.1. The van der Waals surface area contributed by atoms with Crippen molar-refractivity contribution in [3.8, 4) is 0 Å². The number of hydrogen-bond acceptors (Lipinski definition) is 6. The Kier molecular flexibility index (Phi) is 8.62. The van der Waals surface area contributed by atoms with E-state index in [1.807, 2.05) is 27.0 Å². The Morgan fingerprint density at radius 1 is 1.11 bits per heavy atom. The average molecular weight is 522 g/mol. The number of nitrogens with zero attached hydrogens (tertiary/aromatic N) is 4. The predicted molar refractivity (Wildman–Crippen MR) is 147 cm³/mol. The number of unbranched alkanes of at least 4 members (excludes halogenated alkanes) is 1. The molecular weight excluding hydrogens is 486 g/mol. The lowest BCUT2D eigenvalue weighted by Gasteiger charge is -2.40. The lowest BCUT2D eigenvalue weighted by Crippen LogP contribution is -2.55. The van der Waals surface area contributed by atoms with Crippen LogP contribution in [-0.2, 0) is 4.79 Å². The zero-order valence-electron chi connectivity index (χ0n) is 22.0. The summed E-state index contributed by atoms with van der Waals surface area (Å²) in [4.78, 5) is 53.0. The summed E-state index contributed by atoms with van der Waals surface area (Å²) in [5.74, 6) is 0.511. The number of amides is 5. The molecule has 1 fully saturated rings. The fraction of sp³-hybridized carbons (Fsp3) is 0.423. The third-order valence-corrected chi connectivity index (χ3v) is 6.46. The van der Waals surface area contributed by atoms with Crippen molar-refractivity contribution in [3.05, 3.63) is 42.4 Å². The Morgan fingerprint density at radius 3 is 2.66 bits per heavy atom. The van der Waals surface area contributed by atoms with Gasteiger partial charge in [-0.25, -0.2) is 19.6 Å². The maximum Gasteiger partial charge on any atom is 0.322 e. The van der Waals surface area contributed by atoms with E-state index >= 15 is 0 Å². The van der Waals surface area contributed by atoms with Gasteiger partial charge in [-0.05, 0) is 44.0 Å². The molecule has 0 bridgehead atoms. The molecule has 3 heterocycles. The molecule has 1 aliphatic heterocycles. The number of piperazine rings is 1. The highest BCUT2D eigenvalue weighted by Gasteiger charge is 2.29. The van der Waals surface area contributed by atoms with Gasteiger partial charge in [0.15, 0.2) is 0 Å². The van der Waals surface area contributed by atoms with Crippen molar-refractivity contribution in [3.63, 3.8) is 0 Å². The number of rotatable bonds is 8. The molecule has 4 rings (SSSR count). The van der Waals surface area contributed by atoms with Gasteiger partial charge in [-0.1, -0.05) is 19.4 Å². The first kappa shape index (κ1) is 26.7. The molecule has 38 heavy (non-hydrogen) atoms. The summed E-state index contributed by atoms with van der Waals surface area (Å²) < 4.78 is 0. The Hall–Kier alpha value is -4.35. The van der Waals surface area contributed by atoms with E-state index in [4.69, 9.17) is 0 Å². The molecule has 1 atom stereocenters. The number of aryl methyl sites for hydroxylation is 1. The quantitative estimate of drug-likeness (QED) is 0.288. The molecule has 0 aliphatic carbocycles. The number of benzene rings is 1. The zero-order valence-corrected chi connectivity index (χ0v) is 22.0. The van der Waals surface area contributed by atoms with Crippen LogP contribution in [0.25, 0.3) is 11.0 Å². The van der Waals surface area contributed by atoms with E-state index in [9.17, 15) is 14.4 Å². The fourth-order valence-corrected chi connectivity index (χ4v) is 4.47. The molecule has 0 spiro atoms. The predicted octanol–water partition coefficient (Wildman–Crippen LogP) is 3.05. The van der Waals surface area contributed by atoms with Gasteiger partial charge in [-0.2, -0.15) is 0 Å². The highest BCUT2D eigenvalue weighted by Crippen LogP contribution is 2.28. The topological polar surface area (TPSA) is 147 Å². The summed E-state index contributed by atoms with van der Waals surface area (Å²) in [6, 6.07) is 6.28. The standard InChI is InChI=1S/C26H35N9O3/c1-4-5-9-27-25(37)29-14-21(36)32-19-7-6-8-20(12-19)33-26(38)35-11-10-34(15-18(35)3)24-22-17(2)13-28-23(22)30-16-31-24/h6-8,12-13,16,18H,4-5,9-11,14-15H2,1-3H3,(H,32,36)(H,33,38)(H2,27,29,37)(H,28,30,31)/t18-/m0/s1. The van der Waals surface area contributed by atoms with Crippen LogP contribution in [0, 0.1) is 6.92 Å². The van der Waals surface area contributed by atoms with Gasteiger partial charge in [0.05, 0.1) is 11.9 Å². The zero-order chi connectivity index (χ0) is 27.1. The van der Waals surface area contributed by atoms with E-state index in [2.05, 4.69) is 41.1 Å². The van der Waals surface area contributed by atoms with Gasteiger partial charge < -0.3 is 36.1 Å². The molecule has 1 aromatic carbocycles. The van der Waals surface area contributed by atoms with Crippen LogP contribution in [0.4, 0.5) is 26.8 Å². The van der Waals surface area contributed by atoms with Crippen molar-refractivity contribution < 1.29 is 14.4 Å². The minimum absolute atomic E-state index is 0.0505. The van der Waals surface area contributed by atoms with Crippen LogP contribution in [0.1, 0.15) is 32.3 Å². The number of fused-ring (bicyclic) bond motifs is 1. The van der Waals surface area contributed by atoms with Gasteiger partial charge in [-0.15, -0.1) is 0 Å². The number of hydrogen-bond donors (Lipinski definition) is 5.